The highest BCUT2D eigenvalue weighted by molar-refractivity contribution is 5.34. The topological polar surface area (TPSA) is 41.9 Å². The molecular weight excluding hydrogens is 386 g/mol. The highest BCUT2D eigenvalue weighted by atomic mass is 16.5. The van der Waals surface area contributed by atoms with Crippen molar-refractivity contribution in [2.45, 2.75) is 50.2 Å². The third-order valence-corrected chi connectivity index (χ3v) is 7.75. The summed E-state index contributed by atoms with van der Waals surface area (Å²) < 4.78 is 11.9. The van der Waals surface area contributed by atoms with Gasteiger partial charge in [-0.15, -0.1) is 0 Å². The highest BCUT2D eigenvalue weighted by Crippen LogP contribution is 2.46. The van der Waals surface area contributed by atoms with Crippen LogP contribution in [0.2, 0.25) is 0 Å². The number of piperidine rings is 3. The Morgan fingerprint density at radius 3 is 2.35 bits per heavy atom. The molecule has 2 atom stereocenters. The fourth-order valence-corrected chi connectivity index (χ4v) is 5.90. The molecule has 0 aromatic heterocycles. The molecule has 0 radical (unpaired) electrons. The minimum atomic E-state index is -0.809. The van der Waals surface area contributed by atoms with Gasteiger partial charge in [0.05, 0.1) is 18.8 Å². The molecular formula is C27H35NO3. The first-order chi connectivity index (χ1) is 15.2. The third-order valence-electron chi connectivity index (χ3n) is 7.75. The Balaban J connectivity index is 1.37. The van der Waals surface area contributed by atoms with E-state index in [9.17, 15) is 5.11 Å². The monoisotopic (exact) mass is 421 g/mol. The molecule has 4 nitrogen and oxygen atoms in total. The predicted octanol–water partition coefficient (Wildman–Crippen LogP) is 4.41. The summed E-state index contributed by atoms with van der Waals surface area (Å²) in [6, 6.07) is 18.8. The van der Waals surface area contributed by atoms with Crippen LogP contribution in [0.5, 0.6) is 5.75 Å². The number of hydrogen-bond donors (Lipinski definition) is 1. The molecule has 2 aromatic carbocycles. The maximum atomic E-state index is 12.2. The third kappa shape index (κ3) is 4.52. The van der Waals surface area contributed by atoms with Crippen LogP contribution in [-0.2, 0) is 16.8 Å². The van der Waals surface area contributed by atoms with Crippen LogP contribution in [0.4, 0.5) is 0 Å². The second kappa shape index (κ2) is 9.32. The summed E-state index contributed by atoms with van der Waals surface area (Å²) in [5.41, 5.74) is 1.46. The van der Waals surface area contributed by atoms with E-state index < -0.39 is 5.60 Å². The van der Waals surface area contributed by atoms with Gasteiger partial charge in [-0.25, -0.2) is 0 Å². The molecule has 0 saturated carbocycles. The zero-order valence-electron chi connectivity index (χ0n) is 18.4. The van der Waals surface area contributed by atoms with Crippen molar-refractivity contribution in [1.82, 2.24) is 4.90 Å². The van der Waals surface area contributed by atoms with Crippen LogP contribution in [0.3, 0.4) is 0 Å². The van der Waals surface area contributed by atoms with Crippen LogP contribution < -0.4 is 4.74 Å². The van der Waals surface area contributed by atoms with E-state index in [4.69, 9.17) is 9.47 Å². The van der Waals surface area contributed by atoms with E-state index in [2.05, 4.69) is 53.4 Å². The molecule has 0 amide bonds. The van der Waals surface area contributed by atoms with Gasteiger partial charge >= 0.3 is 0 Å². The van der Waals surface area contributed by atoms with E-state index in [-0.39, 0.29) is 6.10 Å². The molecule has 4 heteroatoms. The van der Waals surface area contributed by atoms with Crippen molar-refractivity contribution < 1.29 is 14.6 Å². The molecule has 31 heavy (non-hydrogen) atoms. The Bertz CT molecular complexity index is 843. The number of rotatable bonds is 7. The summed E-state index contributed by atoms with van der Waals surface area (Å²) >= 11 is 0. The molecule has 0 aliphatic carbocycles. The number of nitrogens with zero attached hydrogens (tertiary/aromatic N) is 1. The van der Waals surface area contributed by atoms with Gasteiger partial charge in [0.1, 0.15) is 11.9 Å². The smallest absolute Gasteiger partial charge is 0.122 e. The molecule has 166 valence electrons. The minimum Gasteiger partial charge on any atom is -0.490 e. The van der Waals surface area contributed by atoms with E-state index in [0.29, 0.717) is 11.8 Å². The van der Waals surface area contributed by atoms with E-state index in [1.54, 1.807) is 0 Å². The van der Waals surface area contributed by atoms with Gasteiger partial charge in [0.25, 0.3) is 0 Å². The van der Waals surface area contributed by atoms with E-state index >= 15 is 0 Å². The molecule has 4 fully saturated rings. The first kappa shape index (κ1) is 21.0. The van der Waals surface area contributed by atoms with Crippen molar-refractivity contribution in [2.75, 3.05) is 32.8 Å². The lowest BCUT2D eigenvalue weighted by molar-refractivity contribution is -0.106. The van der Waals surface area contributed by atoms with Crippen molar-refractivity contribution >= 4 is 0 Å². The minimum absolute atomic E-state index is 0.227. The maximum Gasteiger partial charge on any atom is 0.122 e. The lowest BCUT2D eigenvalue weighted by Crippen LogP contribution is -2.55. The zero-order valence-corrected chi connectivity index (χ0v) is 18.4. The zero-order chi connectivity index (χ0) is 21.1. The van der Waals surface area contributed by atoms with Gasteiger partial charge in [-0.2, -0.15) is 0 Å². The highest BCUT2D eigenvalue weighted by Gasteiger charge is 2.47. The van der Waals surface area contributed by atoms with Crippen LogP contribution in [-0.4, -0.2) is 49.0 Å². The Labute approximate surface area is 186 Å². The predicted molar refractivity (Wildman–Crippen MR) is 122 cm³/mol. The fourth-order valence-electron chi connectivity index (χ4n) is 5.90. The first-order valence-corrected chi connectivity index (χ1v) is 12.0. The largest absolute Gasteiger partial charge is 0.490 e. The first-order valence-electron chi connectivity index (χ1n) is 12.0. The normalized spacial score (nSPS) is 28.2. The number of hydrogen-bond acceptors (Lipinski definition) is 4. The second-order valence-corrected chi connectivity index (χ2v) is 9.57. The summed E-state index contributed by atoms with van der Waals surface area (Å²) in [6.45, 7) is 4.94. The van der Waals surface area contributed by atoms with Crippen LogP contribution in [0.15, 0.2) is 54.6 Å². The summed E-state index contributed by atoms with van der Waals surface area (Å²) in [6.07, 6.45) is 6.08. The molecule has 1 N–H and O–H groups in total. The van der Waals surface area contributed by atoms with Crippen LogP contribution in [0.1, 0.15) is 43.2 Å². The molecule has 4 aliphatic heterocycles. The fraction of sp³-hybridized carbons (Fsp3) is 0.556. The van der Waals surface area contributed by atoms with Crippen molar-refractivity contribution in [1.29, 1.82) is 0 Å². The molecule has 0 spiro atoms. The second-order valence-electron chi connectivity index (χ2n) is 9.57. The van der Waals surface area contributed by atoms with E-state index in [0.717, 1.165) is 56.8 Å². The van der Waals surface area contributed by atoms with Crippen LogP contribution in [0, 0.1) is 11.8 Å². The van der Waals surface area contributed by atoms with Crippen molar-refractivity contribution in [3.63, 3.8) is 0 Å². The molecule has 2 bridgehead atoms. The molecule has 2 aromatic rings. The van der Waals surface area contributed by atoms with Gasteiger partial charge in [0.15, 0.2) is 0 Å². The van der Waals surface area contributed by atoms with Gasteiger partial charge in [0.2, 0.25) is 0 Å². The molecule has 4 heterocycles. The Morgan fingerprint density at radius 2 is 1.65 bits per heavy atom. The van der Waals surface area contributed by atoms with E-state index in [1.165, 1.54) is 31.5 Å². The Hall–Kier alpha value is -1.88. The van der Waals surface area contributed by atoms with Gasteiger partial charge in [-0.1, -0.05) is 48.5 Å². The number of aryl methyl sites for hydroxylation is 1. The summed E-state index contributed by atoms with van der Waals surface area (Å²) in [5.74, 6) is 1.88. The van der Waals surface area contributed by atoms with Crippen LogP contribution >= 0.6 is 0 Å². The van der Waals surface area contributed by atoms with Gasteiger partial charge in [-0.3, -0.25) is 0 Å². The van der Waals surface area contributed by atoms with Crippen molar-refractivity contribution in [2.24, 2.45) is 11.8 Å². The van der Waals surface area contributed by atoms with Gasteiger partial charge in [-0.05, 0) is 61.9 Å². The molecule has 4 saturated heterocycles. The summed E-state index contributed by atoms with van der Waals surface area (Å²) in [4.78, 5) is 2.54. The van der Waals surface area contributed by atoms with Crippen LogP contribution in [0.25, 0.3) is 0 Å². The lowest BCUT2D eigenvalue weighted by atomic mass is 9.66. The molecule has 1 unspecified atom stereocenters. The van der Waals surface area contributed by atoms with E-state index in [1.807, 2.05) is 6.07 Å². The molecule has 4 aliphatic rings. The average molecular weight is 422 g/mol. The Morgan fingerprint density at radius 1 is 0.935 bits per heavy atom. The van der Waals surface area contributed by atoms with Gasteiger partial charge < -0.3 is 19.5 Å². The maximum absolute atomic E-state index is 12.2. The van der Waals surface area contributed by atoms with Gasteiger partial charge in [0, 0.05) is 25.3 Å². The SMILES string of the molecule is O[C@](CCc1ccccc1OC1CCOCC1)(c1ccccc1)C1CN2CCC1CC2. The number of fused-ring (bicyclic) bond motifs is 3. The van der Waals surface area contributed by atoms with Crippen molar-refractivity contribution in [3.05, 3.63) is 65.7 Å². The quantitative estimate of drug-likeness (QED) is 0.719. The number of aliphatic hydroxyl groups is 1. The number of para-hydroxylation sites is 1. The van der Waals surface area contributed by atoms with Crippen molar-refractivity contribution in [3.8, 4) is 5.75 Å². The lowest BCUT2D eigenvalue weighted by Gasteiger charge is -2.51. The summed E-state index contributed by atoms with van der Waals surface area (Å²) in [7, 11) is 0. The number of ether oxygens (including phenoxy) is 2. The molecule has 6 rings (SSSR count). The average Bonchev–Trinajstić information content (AvgIpc) is 2.85. The standard InChI is InChI=1S/C27H35NO3/c29-27(23-7-2-1-3-8-23,25-20-28-16-11-21(25)12-17-28)15-10-22-6-4-5-9-26(22)31-24-13-18-30-19-14-24/h1-9,21,24-25,29H,10-20H2/t25?,27-/m1/s1. The Kier molecular flexibility index (Phi) is 6.31. The summed E-state index contributed by atoms with van der Waals surface area (Å²) in [5, 5.41) is 12.2. The number of benzene rings is 2.